The normalized spacial score (nSPS) is 11.1. The van der Waals surface area contributed by atoms with Crippen molar-refractivity contribution >= 4 is 33.3 Å². The number of carbonyl (C=O) groups excluding carboxylic acids is 1. The number of anilines is 1. The van der Waals surface area contributed by atoms with Crippen molar-refractivity contribution in [1.29, 1.82) is 0 Å². The Labute approximate surface area is 189 Å². The molecule has 5 nitrogen and oxygen atoms in total. The number of aromatic nitrogens is 2. The summed E-state index contributed by atoms with van der Waals surface area (Å²) in [6.07, 6.45) is 0. The Morgan fingerprint density at radius 3 is 2.47 bits per heavy atom. The molecule has 0 aliphatic heterocycles. The molecular weight excluding hydrogens is 418 g/mol. The number of amides is 1. The quantitative estimate of drug-likeness (QED) is 0.334. The van der Waals surface area contributed by atoms with E-state index < -0.39 is 0 Å². The Balaban J connectivity index is 1.51. The number of aryl methyl sites for hydroxylation is 3. The van der Waals surface area contributed by atoms with Crippen molar-refractivity contribution in [3.8, 4) is 22.7 Å². The van der Waals surface area contributed by atoms with Crippen LogP contribution in [0.4, 0.5) is 5.13 Å². The maximum atomic E-state index is 13.3. The van der Waals surface area contributed by atoms with Crippen molar-refractivity contribution < 1.29 is 9.21 Å². The fraction of sp³-hybridized carbons (Fsp3) is 0.115. The van der Waals surface area contributed by atoms with Gasteiger partial charge in [-0.25, -0.2) is 9.97 Å². The van der Waals surface area contributed by atoms with Crippen molar-refractivity contribution in [2.24, 2.45) is 0 Å². The Hall–Kier alpha value is -3.77. The molecule has 2 aromatic carbocycles. The lowest BCUT2D eigenvalue weighted by Crippen LogP contribution is -2.13. The van der Waals surface area contributed by atoms with Crippen molar-refractivity contribution in [3.05, 3.63) is 88.5 Å². The summed E-state index contributed by atoms with van der Waals surface area (Å²) in [4.78, 5) is 23.7. The highest BCUT2D eigenvalue weighted by Gasteiger charge is 2.18. The molecule has 1 amide bonds. The highest BCUT2D eigenvalue weighted by Crippen LogP contribution is 2.32. The van der Waals surface area contributed by atoms with Gasteiger partial charge in [-0.05, 0) is 45.0 Å². The lowest BCUT2D eigenvalue weighted by atomic mass is 10.1. The van der Waals surface area contributed by atoms with E-state index in [0.717, 1.165) is 32.8 Å². The molecule has 0 spiro atoms. The molecular formula is C26H21N3O2S. The molecule has 5 rings (SSSR count). The second-order valence-corrected chi connectivity index (χ2v) is 8.93. The number of hydrogen-bond acceptors (Lipinski definition) is 5. The molecule has 3 aromatic heterocycles. The Morgan fingerprint density at radius 1 is 0.938 bits per heavy atom. The number of rotatable bonds is 4. The standard InChI is InChI=1S/C26H21N3O2S/c1-15-8-11-18(12-9-15)24-17(3)32-26(28-24)29-25(30)20-14-22(23-13-10-16(2)31-23)27-21-7-5-4-6-19(20)21/h4-14H,1-3H3,(H,28,29,30). The van der Waals surface area contributed by atoms with Crippen LogP contribution in [0.1, 0.15) is 26.6 Å². The first-order valence-corrected chi connectivity index (χ1v) is 11.1. The Morgan fingerprint density at radius 2 is 1.72 bits per heavy atom. The molecule has 3 heterocycles. The molecule has 0 fully saturated rings. The number of nitrogens with zero attached hydrogens (tertiary/aromatic N) is 2. The fourth-order valence-electron chi connectivity index (χ4n) is 3.66. The third-order valence-corrected chi connectivity index (χ3v) is 6.18. The first kappa shape index (κ1) is 20.2. The van der Waals surface area contributed by atoms with Gasteiger partial charge in [-0.3, -0.25) is 10.1 Å². The van der Waals surface area contributed by atoms with E-state index in [0.29, 0.717) is 22.1 Å². The van der Waals surface area contributed by atoms with Gasteiger partial charge in [0.1, 0.15) is 11.5 Å². The van der Waals surface area contributed by atoms with Gasteiger partial charge in [0, 0.05) is 15.8 Å². The molecule has 0 saturated carbocycles. The van der Waals surface area contributed by atoms with Gasteiger partial charge < -0.3 is 4.42 Å². The Bertz CT molecular complexity index is 1450. The van der Waals surface area contributed by atoms with Crippen LogP contribution in [0, 0.1) is 20.8 Å². The molecule has 0 atom stereocenters. The van der Waals surface area contributed by atoms with Gasteiger partial charge in [0.15, 0.2) is 10.9 Å². The van der Waals surface area contributed by atoms with Crippen LogP contribution in [-0.4, -0.2) is 15.9 Å². The number of pyridine rings is 1. The summed E-state index contributed by atoms with van der Waals surface area (Å²) in [5.41, 5.74) is 5.01. The number of benzene rings is 2. The average molecular weight is 440 g/mol. The van der Waals surface area contributed by atoms with Gasteiger partial charge in [-0.1, -0.05) is 48.0 Å². The van der Waals surface area contributed by atoms with Crippen LogP contribution >= 0.6 is 11.3 Å². The molecule has 158 valence electrons. The van der Waals surface area contributed by atoms with Crippen LogP contribution < -0.4 is 5.32 Å². The lowest BCUT2D eigenvalue weighted by Gasteiger charge is -2.08. The highest BCUT2D eigenvalue weighted by atomic mass is 32.1. The van der Waals surface area contributed by atoms with E-state index in [-0.39, 0.29) is 5.91 Å². The second kappa shape index (κ2) is 8.05. The molecule has 0 aliphatic carbocycles. The van der Waals surface area contributed by atoms with E-state index in [1.807, 2.05) is 50.2 Å². The second-order valence-electron chi connectivity index (χ2n) is 7.73. The average Bonchev–Trinajstić information content (AvgIpc) is 3.38. The topological polar surface area (TPSA) is 68.0 Å². The van der Waals surface area contributed by atoms with Gasteiger partial charge >= 0.3 is 0 Å². The maximum Gasteiger partial charge on any atom is 0.258 e. The maximum absolute atomic E-state index is 13.3. The predicted molar refractivity (Wildman–Crippen MR) is 129 cm³/mol. The number of para-hydroxylation sites is 1. The van der Waals surface area contributed by atoms with Crippen LogP contribution in [0.25, 0.3) is 33.6 Å². The predicted octanol–water partition coefficient (Wildman–Crippen LogP) is 6.80. The van der Waals surface area contributed by atoms with Crippen LogP contribution in [0.3, 0.4) is 0 Å². The summed E-state index contributed by atoms with van der Waals surface area (Å²) >= 11 is 1.47. The minimum atomic E-state index is -0.225. The fourth-order valence-corrected chi connectivity index (χ4v) is 4.49. The number of fused-ring (bicyclic) bond motifs is 1. The molecule has 0 saturated heterocycles. The van der Waals surface area contributed by atoms with Crippen LogP contribution in [0.5, 0.6) is 0 Å². The van der Waals surface area contributed by atoms with E-state index >= 15 is 0 Å². The van der Waals surface area contributed by atoms with Crippen LogP contribution in [0.15, 0.2) is 71.1 Å². The molecule has 6 heteroatoms. The summed E-state index contributed by atoms with van der Waals surface area (Å²) in [7, 11) is 0. The molecule has 0 aliphatic rings. The van der Waals surface area contributed by atoms with Gasteiger partial charge in [-0.2, -0.15) is 0 Å². The molecule has 0 bridgehead atoms. The van der Waals surface area contributed by atoms with Crippen LogP contribution in [-0.2, 0) is 0 Å². The number of hydrogen-bond donors (Lipinski definition) is 1. The van der Waals surface area contributed by atoms with Crippen molar-refractivity contribution in [2.75, 3.05) is 5.32 Å². The minimum Gasteiger partial charge on any atom is -0.460 e. The van der Waals surface area contributed by atoms with Crippen LogP contribution in [0.2, 0.25) is 0 Å². The van der Waals surface area contributed by atoms with Gasteiger partial charge in [0.25, 0.3) is 5.91 Å². The molecule has 32 heavy (non-hydrogen) atoms. The monoisotopic (exact) mass is 439 g/mol. The van der Waals surface area contributed by atoms with Gasteiger partial charge in [-0.15, -0.1) is 11.3 Å². The van der Waals surface area contributed by atoms with E-state index in [4.69, 9.17) is 9.40 Å². The van der Waals surface area contributed by atoms with Crippen molar-refractivity contribution in [3.63, 3.8) is 0 Å². The van der Waals surface area contributed by atoms with Crippen molar-refractivity contribution in [1.82, 2.24) is 9.97 Å². The number of nitrogens with one attached hydrogen (secondary N) is 1. The Kier molecular flexibility index (Phi) is 5.07. The van der Waals surface area contributed by atoms with E-state index in [9.17, 15) is 4.79 Å². The summed E-state index contributed by atoms with van der Waals surface area (Å²) in [5.74, 6) is 1.20. The van der Waals surface area contributed by atoms with Gasteiger partial charge in [0.05, 0.1) is 16.8 Å². The number of thiazole rings is 1. The third-order valence-electron chi connectivity index (χ3n) is 5.30. The first-order valence-electron chi connectivity index (χ1n) is 10.3. The van der Waals surface area contributed by atoms with E-state index in [2.05, 4.69) is 41.5 Å². The number of carbonyl (C=O) groups is 1. The minimum absolute atomic E-state index is 0.225. The van der Waals surface area contributed by atoms with E-state index in [1.165, 1.54) is 16.9 Å². The number of furan rings is 1. The highest BCUT2D eigenvalue weighted by molar-refractivity contribution is 7.16. The third kappa shape index (κ3) is 3.81. The van der Waals surface area contributed by atoms with Gasteiger partial charge in [0.2, 0.25) is 0 Å². The zero-order valence-corrected chi connectivity index (χ0v) is 18.8. The van der Waals surface area contributed by atoms with Crippen molar-refractivity contribution in [2.45, 2.75) is 20.8 Å². The smallest absolute Gasteiger partial charge is 0.258 e. The summed E-state index contributed by atoms with van der Waals surface area (Å²) in [6, 6.07) is 21.4. The molecule has 5 aromatic rings. The SMILES string of the molecule is Cc1ccc(-c2nc(NC(=O)c3cc(-c4ccc(C)o4)nc4ccccc34)sc2C)cc1. The first-order chi connectivity index (χ1) is 15.5. The summed E-state index contributed by atoms with van der Waals surface area (Å²) < 4.78 is 5.74. The summed E-state index contributed by atoms with van der Waals surface area (Å²) in [6.45, 7) is 5.96. The largest absolute Gasteiger partial charge is 0.460 e. The molecule has 0 radical (unpaired) electrons. The van der Waals surface area contributed by atoms with E-state index in [1.54, 1.807) is 6.07 Å². The zero-order chi connectivity index (χ0) is 22.2. The lowest BCUT2D eigenvalue weighted by molar-refractivity contribution is 0.102. The molecule has 0 unspecified atom stereocenters. The molecule has 1 N–H and O–H groups in total. The zero-order valence-electron chi connectivity index (χ0n) is 18.0. The summed E-state index contributed by atoms with van der Waals surface area (Å²) in [5, 5.41) is 4.34.